The highest BCUT2D eigenvalue weighted by Crippen LogP contribution is 2.40. The lowest BCUT2D eigenvalue weighted by molar-refractivity contribution is 0.0697. The fraction of sp³-hybridized carbons (Fsp3) is 0.625. The van der Waals surface area contributed by atoms with E-state index in [1.807, 2.05) is 24.3 Å². The normalized spacial score (nSPS) is 15.8. The Hall–Kier alpha value is -0.790. The van der Waals surface area contributed by atoms with E-state index in [4.69, 9.17) is 35.4 Å². The molecule has 0 heterocycles. The Bertz CT molecular complexity index is 455. The molecule has 0 aliphatic heterocycles. The van der Waals surface area contributed by atoms with E-state index in [1.165, 1.54) is 32.1 Å². The predicted octanol–water partition coefficient (Wildman–Crippen LogP) is 0.985. The molecule has 0 saturated heterocycles. The number of hydrogen-bond acceptors (Lipinski definition) is 7. The molecule has 0 radical (unpaired) electrons. The summed E-state index contributed by atoms with van der Waals surface area (Å²) < 4.78 is 5.07. The summed E-state index contributed by atoms with van der Waals surface area (Å²) in [4.78, 5) is 17.9. The second-order valence-corrected chi connectivity index (χ2v) is 6.74. The van der Waals surface area contributed by atoms with Crippen molar-refractivity contribution in [3.8, 4) is 5.75 Å². The monoisotopic (exact) mass is 361 g/mol. The Labute approximate surface area is 143 Å². The van der Waals surface area contributed by atoms with Gasteiger partial charge in [-0.25, -0.2) is 0 Å². The third-order valence-electron chi connectivity index (χ3n) is 4.09. The number of para-hydroxylation sites is 1. The van der Waals surface area contributed by atoms with Gasteiger partial charge in [0, 0.05) is 0 Å². The summed E-state index contributed by atoms with van der Waals surface area (Å²) >= 11 is 0. The molecule has 7 N–H and O–H groups in total. The van der Waals surface area contributed by atoms with Gasteiger partial charge in [0.2, 0.25) is 0 Å². The lowest BCUT2D eigenvalue weighted by atomic mass is 9.84. The Morgan fingerprint density at radius 1 is 1.00 bits per heavy atom. The van der Waals surface area contributed by atoms with Gasteiger partial charge in [-0.15, -0.1) is 0 Å². The van der Waals surface area contributed by atoms with E-state index in [1.54, 1.807) is 0 Å². The zero-order valence-corrected chi connectivity index (χ0v) is 14.6. The van der Waals surface area contributed by atoms with E-state index in [-0.39, 0.29) is 0 Å². The molecule has 1 aliphatic carbocycles. The maximum atomic E-state index is 8.93. The first-order valence-corrected chi connectivity index (χ1v) is 9.18. The lowest BCUT2D eigenvalue weighted by Crippen LogP contribution is -2.50. The van der Waals surface area contributed by atoms with Gasteiger partial charge in [0.05, 0.1) is 25.4 Å². The predicted molar refractivity (Wildman–Crippen MR) is 92.4 cm³/mol. The molecule has 138 valence electrons. The number of aliphatic hydroxyl groups is 3. The van der Waals surface area contributed by atoms with E-state index >= 15 is 0 Å². The van der Waals surface area contributed by atoms with Crippen molar-refractivity contribution in [2.24, 2.45) is 5.73 Å². The summed E-state index contributed by atoms with van der Waals surface area (Å²) in [5.41, 5.74) is 5.06. The topological polar surface area (TPSA) is 136 Å². The summed E-state index contributed by atoms with van der Waals surface area (Å²) in [5.74, 6) is 1.14. The quantitative estimate of drug-likeness (QED) is 0.416. The first-order valence-electron chi connectivity index (χ1n) is 8.02. The van der Waals surface area contributed by atoms with Gasteiger partial charge < -0.3 is 35.4 Å². The summed E-state index contributed by atoms with van der Waals surface area (Å²) in [6.07, 6.45) is 6.18. The minimum Gasteiger partial charge on any atom is -0.427 e. The van der Waals surface area contributed by atoms with Gasteiger partial charge in [0.15, 0.2) is 0 Å². The number of aliphatic hydroxyl groups excluding tert-OH is 3. The largest absolute Gasteiger partial charge is 0.427 e. The van der Waals surface area contributed by atoms with Gasteiger partial charge in [-0.1, -0.05) is 37.5 Å². The van der Waals surface area contributed by atoms with Crippen LogP contribution in [-0.4, -0.2) is 50.5 Å². The molecular formula is C16H28NO6P. The van der Waals surface area contributed by atoms with Crippen LogP contribution in [-0.2, 0) is 0 Å². The van der Waals surface area contributed by atoms with Gasteiger partial charge >= 0.3 is 8.60 Å². The van der Waals surface area contributed by atoms with Gasteiger partial charge in [-0.05, 0) is 30.4 Å². The van der Waals surface area contributed by atoms with Crippen LogP contribution in [0.5, 0.6) is 5.75 Å². The van der Waals surface area contributed by atoms with Crippen molar-refractivity contribution in [1.82, 2.24) is 0 Å². The van der Waals surface area contributed by atoms with Gasteiger partial charge in [0.25, 0.3) is 0 Å². The molecule has 0 unspecified atom stereocenters. The van der Waals surface area contributed by atoms with Crippen molar-refractivity contribution in [2.75, 3.05) is 19.8 Å². The van der Waals surface area contributed by atoms with Crippen LogP contribution in [0, 0.1) is 0 Å². The molecule has 0 aromatic heterocycles. The second-order valence-electron chi connectivity index (χ2n) is 6.05. The molecule has 0 spiro atoms. The maximum Gasteiger partial charge on any atom is 0.391 e. The Balaban J connectivity index is 0.000000307. The molecule has 24 heavy (non-hydrogen) atoms. The van der Waals surface area contributed by atoms with Crippen LogP contribution in [0.3, 0.4) is 0 Å². The first-order chi connectivity index (χ1) is 11.5. The van der Waals surface area contributed by atoms with Crippen LogP contribution >= 0.6 is 8.60 Å². The summed E-state index contributed by atoms with van der Waals surface area (Å²) in [7, 11) is -2.31. The van der Waals surface area contributed by atoms with E-state index in [2.05, 4.69) is 0 Å². The van der Waals surface area contributed by atoms with Crippen LogP contribution in [0.4, 0.5) is 0 Å². The molecule has 1 aromatic rings. The lowest BCUT2D eigenvalue weighted by Gasteiger charge is -2.24. The molecule has 0 atom stereocenters. The number of nitrogens with two attached hydrogens (primary N) is 1. The first kappa shape index (κ1) is 21.3. The van der Waals surface area contributed by atoms with Crippen molar-refractivity contribution in [3.05, 3.63) is 29.8 Å². The van der Waals surface area contributed by atoms with Crippen molar-refractivity contribution >= 4 is 8.60 Å². The number of rotatable bonds is 6. The van der Waals surface area contributed by atoms with Crippen LogP contribution in [0.25, 0.3) is 0 Å². The third-order valence-corrected chi connectivity index (χ3v) is 4.45. The van der Waals surface area contributed by atoms with Crippen molar-refractivity contribution < 1.29 is 29.6 Å². The zero-order chi connectivity index (χ0) is 18.0. The van der Waals surface area contributed by atoms with E-state index in [0.29, 0.717) is 11.7 Å². The molecule has 1 saturated carbocycles. The van der Waals surface area contributed by atoms with E-state index < -0.39 is 34.0 Å². The van der Waals surface area contributed by atoms with Crippen molar-refractivity contribution in [1.29, 1.82) is 0 Å². The molecule has 1 fully saturated rings. The van der Waals surface area contributed by atoms with Gasteiger partial charge in [-0.3, -0.25) is 0 Å². The summed E-state index contributed by atoms with van der Waals surface area (Å²) in [6, 6.07) is 7.68. The maximum absolute atomic E-state index is 8.93. The Kier molecular flexibility index (Phi) is 9.69. The molecule has 1 aromatic carbocycles. The highest BCUT2D eigenvalue weighted by atomic mass is 31.2. The molecule has 7 nitrogen and oxygen atoms in total. The van der Waals surface area contributed by atoms with Crippen LogP contribution < -0.4 is 10.3 Å². The fourth-order valence-electron chi connectivity index (χ4n) is 2.55. The van der Waals surface area contributed by atoms with Crippen molar-refractivity contribution in [2.45, 2.75) is 43.6 Å². The van der Waals surface area contributed by atoms with Gasteiger partial charge in [0.1, 0.15) is 5.75 Å². The molecular weight excluding hydrogens is 333 g/mol. The molecule has 0 bridgehead atoms. The average Bonchev–Trinajstić information content (AvgIpc) is 2.62. The summed E-state index contributed by atoms with van der Waals surface area (Å²) in [5, 5.41) is 25.0. The average molecular weight is 361 g/mol. The van der Waals surface area contributed by atoms with E-state index in [9.17, 15) is 0 Å². The highest BCUT2D eigenvalue weighted by Gasteiger charge is 2.21. The second kappa shape index (κ2) is 10.9. The van der Waals surface area contributed by atoms with E-state index in [0.717, 1.165) is 5.56 Å². The minimum atomic E-state index is -2.31. The Morgan fingerprint density at radius 2 is 1.54 bits per heavy atom. The number of benzene rings is 1. The third kappa shape index (κ3) is 6.99. The molecule has 0 amide bonds. The molecule has 1 aliphatic rings. The highest BCUT2D eigenvalue weighted by molar-refractivity contribution is 7.39. The Morgan fingerprint density at radius 3 is 2.00 bits per heavy atom. The van der Waals surface area contributed by atoms with Gasteiger partial charge in [-0.2, -0.15) is 0 Å². The molecule has 2 rings (SSSR count). The van der Waals surface area contributed by atoms with Crippen LogP contribution in [0.2, 0.25) is 0 Å². The van der Waals surface area contributed by atoms with Crippen LogP contribution in [0.1, 0.15) is 43.6 Å². The standard InChI is InChI=1S/C12H17O3P.C4H11NO3/c13-16(14)15-12-9-5-4-8-11(12)10-6-2-1-3-7-10;5-4(1-6,2-7)3-8/h4-5,8-10,13-14H,1-3,6-7H2;6-8H,1-3,5H2. The SMILES string of the molecule is NC(CO)(CO)CO.OP(O)Oc1ccccc1C1CCCCC1. The smallest absolute Gasteiger partial charge is 0.391 e. The molecule has 8 heteroatoms. The zero-order valence-electron chi connectivity index (χ0n) is 13.7. The summed E-state index contributed by atoms with van der Waals surface area (Å²) in [6.45, 7) is -1.21. The van der Waals surface area contributed by atoms with Crippen LogP contribution in [0.15, 0.2) is 24.3 Å². The van der Waals surface area contributed by atoms with Crippen molar-refractivity contribution in [3.63, 3.8) is 0 Å². The number of hydrogen-bond donors (Lipinski definition) is 6. The fourth-order valence-corrected chi connectivity index (χ4v) is 2.89. The minimum absolute atomic E-state index is 0.403.